The van der Waals surface area contributed by atoms with Crippen LogP contribution in [0.3, 0.4) is 0 Å². The zero-order valence-electron chi connectivity index (χ0n) is 31.5. The van der Waals surface area contributed by atoms with Crippen LogP contribution in [-0.4, -0.2) is 0 Å². The minimum absolute atomic E-state index is 0.0618. The van der Waals surface area contributed by atoms with E-state index in [1.807, 2.05) is 0 Å². The standard InChI is InChI=1S/C55H39N/c1-55(2)52-28-16-15-26-45(52)46-30-29-36(33-53(46)55)48-34-50-43-25-12-11-24-42(43)49(35-51(50)41-23-10-9-22-40(41)48)44-31-32-54(47-27-14-13-21-39(44)47)56(37-17-5-3-6-18-37)38-19-7-4-8-20-38/h3-35H,1-2H3. The maximum atomic E-state index is 2.46. The Bertz CT molecular complexity index is 3120. The monoisotopic (exact) mass is 713 g/mol. The molecule has 0 fully saturated rings. The minimum Gasteiger partial charge on any atom is -0.310 e. The van der Waals surface area contributed by atoms with Crippen molar-refractivity contribution in [1.29, 1.82) is 0 Å². The van der Waals surface area contributed by atoms with Crippen LogP contribution in [0.4, 0.5) is 17.1 Å². The summed E-state index contributed by atoms with van der Waals surface area (Å²) < 4.78 is 0. The van der Waals surface area contributed by atoms with E-state index >= 15 is 0 Å². The quantitative estimate of drug-likeness (QED) is 0.161. The molecule has 0 amide bonds. The fourth-order valence-corrected chi connectivity index (χ4v) is 9.58. The molecular formula is C55H39N. The summed E-state index contributed by atoms with van der Waals surface area (Å²) in [5, 5.41) is 10.1. The molecule has 0 aliphatic heterocycles. The van der Waals surface area contributed by atoms with Crippen molar-refractivity contribution in [2.75, 3.05) is 4.90 Å². The fraction of sp³-hybridized carbons (Fsp3) is 0.0545. The van der Waals surface area contributed by atoms with Gasteiger partial charge < -0.3 is 4.90 Å². The maximum absolute atomic E-state index is 2.46. The highest BCUT2D eigenvalue weighted by atomic mass is 15.1. The van der Waals surface area contributed by atoms with Crippen molar-refractivity contribution < 1.29 is 0 Å². The summed E-state index contributed by atoms with van der Waals surface area (Å²) in [4.78, 5) is 2.37. The highest BCUT2D eigenvalue weighted by Crippen LogP contribution is 2.51. The molecule has 1 aliphatic rings. The third-order valence-electron chi connectivity index (χ3n) is 12.2. The Morgan fingerprint density at radius 2 is 0.768 bits per heavy atom. The number of fused-ring (bicyclic) bond motifs is 9. The first-order chi connectivity index (χ1) is 27.6. The molecule has 0 radical (unpaired) electrons. The topological polar surface area (TPSA) is 3.24 Å². The molecule has 0 bridgehead atoms. The predicted molar refractivity (Wildman–Crippen MR) is 240 cm³/mol. The van der Waals surface area contributed by atoms with Crippen molar-refractivity contribution in [2.45, 2.75) is 19.3 Å². The van der Waals surface area contributed by atoms with Gasteiger partial charge in [0.25, 0.3) is 0 Å². The van der Waals surface area contributed by atoms with Crippen LogP contribution in [0.25, 0.3) is 76.5 Å². The predicted octanol–water partition coefficient (Wildman–Crippen LogP) is 15.4. The first-order valence-corrected chi connectivity index (χ1v) is 19.6. The van der Waals surface area contributed by atoms with E-state index in [0.29, 0.717) is 0 Å². The Morgan fingerprint density at radius 3 is 1.41 bits per heavy atom. The third kappa shape index (κ3) is 4.87. The molecule has 0 atom stereocenters. The Balaban J connectivity index is 1.14. The van der Waals surface area contributed by atoms with Gasteiger partial charge in [-0.3, -0.25) is 0 Å². The van der Waals surface area contributed by atoms with E-state index in [1.165, 1.54) is 87.6 Å². The Kier molecular flexibility index (Phi) is 7.28. The van der Waals surface area contributed by atoms with E-state index in [1.54, 1.807) is 0 Å². The number of hydrogen-bond acceptors (Lipinski definition) is 1. The Labute approximate surface area is 327 Å². The summed E-state index contributed by atoms with van der Waals surface area (Å²) in [5.41, 5.74) is 13.9. The molecule has 0 spiro atoms. The molecule has 264 valence electrons. The Morgan fingerprint density at radius 1 is 0.304 bits per heavy atom. The Hall–Kier alpha value is -6.96. The molecule has 10 aromatic carbocycles. The van der Waals surface area contributed by atoms with Crippen molar-refractivity contribution in [3.63, 3.8) is 0 Å². The van der Waals surface area contributed by atoms with Gasteiger partial charge in [0.2, 0.25) is 0 Å². The van der Waals surface area contributed by atoms with Crippen LogP contribution < -0.4 is 4.90 Å². The molecule has 1 aliphatic carbocycles. The fourth-order valence-electron chi connectivity index (χ4n) is 9.58. The van der Waals surface area contributed by atoms with Gasteiger partial charge in [0.1, 0.15) is 0 Å². The molecular weight excluding hydrogens is 675 g/mol. The molecule has 10 aromatic rings. The molecule has 56 heavy (non-hydrogen) atoms. The first-order valence-electron chi connectivity index (χ1n) is 19.6. The maximum Gasteiger partial charge on any atom is 0.0540 e. The number of rotatable bonds is 5. The molecule has 0 heterocycles. The molecule has 0 saturated heterocycles. The van der Waals surface area contributed by atoms with Crippen molar-refractivity contribution in [3.05, 3.63) is 211 Å². The van der Waals surface area contributed by atoms with E-state index in [-0.39, 0.29) is 5.41 Å². The normalized spacial score (nSPS) is 13.0. The lowest BCUT2D eigenvalue weighted by Crippen LogP contribution is -2.14. The van der Waals surface area contributed by atoms with Gasteiger partial charge in [0, 0.05) is 22.2 Å². The summed E-state index contributed by atoms with van der Waals surface area (Å²) in [6.45, 7) is 4.73. The smallest absolute Gasteiger partial charge is 0.0540 e. The minimum atomic E-state index is -0.0618. The molecule has 0 aromatic heterocycles. The average molecular weight is 714 g/mol. The van der Waals surface area contributed by atoms with Crippen LogP contribution in [-0.2, 0) is 5.41 Å². The van der Waals surface area contributed by atoms with Gasteiger partial charge in [0.05, 0.1) is 5.69 Å². The summed E-state index contributed by atoms with van der Waals surface area (Å²) in [6.07, 6.45) is 0. The molecule has 1 nitrogen and oxygen atoms in total. The molecule has 0 saturated carbocycles. The van der Waals surface area contributed by atoms with E-state index in [2.05, 4.69) is 219 Å². The zero-order valence-corrected chi connectivity index (χ0v) is 31.5. The van der Waals surface area contributed by atoms with Crippen molar-refractivity contribution >= 4 is 60.2 Å². The van der Waals surface area contributed by atoms with E-state index in [4.69, 9.17) is 0 Å². The third-order valence-corrected chi connectivity index (χ3v) is 12.2. The van der Waals surface area contributed by atoms with Gasteiger partial charge in [-0.2, -0.15) is 0 Å². The van der Waals surface area contributed by atoms with Crippen molar-refractivity contribution in [1.82, 2.24) is 0 Å². The lowest BCUT2D eigenvalue weighted by atomic mass is 9.81. The van der Waals surface area contributed by atoms with Crippen LogP contribution in [0.15, 0.2) is 200 Å². The number of nitrogens with zero attached hydrogens (tertiary/aromatic N) is 1. The summed E-state index contributed by atoms with van der Waals surface area (Å²) in [5.74, 6) is 0. The lowest BCUT2D eigenvalue weighted by Gasteiger charge is -2.27. The van der Waals surface area contributed by atoms with Gasteiger partial charge in [-0.1, -0.05) is 166 Å². The first kappa shape index (κ1) is 32.5. The number of benzene rings is 10. The van der Waals surface area contributed by atoms with Gasteiger partial charge in [0.15, 0.2) is 0 Å². The molecule has 11 rings (SSSR count). The van der Waals surface area contributed by atoms with Gasteiger partial charge in [-0.25, -0.2) is 0 Å². The largest absolute Gasteiger partial charge is 0.310 e. The summed E-state index contributed by atoms with van der Waals surface area (Å²) in [7, 11) is 0. The van der Waals surface area contributed by atoms with Crippen LogP contribution in [0.1, 0.15) is 25.0 Å². The summed E-state index contributed by atoms with van der Waals surface area (Å²) >= 11 is 0. The number of para-hydroxylation sites is 2. The van der Waals surface area contributed by atoms with Gasteiger partial charge >= 0.3 is 0 Å². The SMILES string of the molecule is CC1(C)c2ccccc2-c2ccc(-c3cc4c5ccccc5c(-c5ccc(N(c6ccccc6)c6ccccc6)c6ccccc56)cc4c4ccccc34)cc21. The highest BCUT2D eigenvalue weighted by Gasteiger charge is 2.35. The zero-order chi connectivity index (χ0) is 37.4. The summed E-state index contributed by atoms with van der Waals surface area (Å²) in [6, 6.07) is 73.9. The highest BCUT2D eigenvalue weighted by molar-refractivity contribution is 6.25. The van der Waals surface area contributed by atoms with E-state index in [0.717, 1.165) is 17.1 Å². The second-order valence-corrected chi connectivity index (χ2v) is 15.6. The second kappa shape index (κ2) is 12.5. The number of hydrogen-bond donors (Lipinski definition) is 0. The van der Waals surface area contributed by atoms with Crippen LogP contribution in [0, 0.1) is 0 Å². The van der Waals surface area contributed by atoms with Crippen LogP contribution in [0.5, 0.6) is 0 Å². The van der Waals surface area contributed by atoms with Crippen LogP contribution in [0.2, 0.25) is 0 Å². The lowest BCUT2D eigenvalue weighted by molar-refractivity contribution is 0.660. The molecule has 0 unspecified atom stereocenters. The average Bonchev–Trinajstić information content (AvgIpc) is 3.49. The van der Waals surface area contributed by atoms with Gasteiger partial charge in [-0.15, -0.1) is 0 Å². The van der Waals surface area contributed by atoms with Crippen LogP contribution >= 0.6 is 0 Å². The second-order valence-electron chi connectivity index (χ2n) is 15.6. The van der Waals surface area contributed by atoms with Gasteiger partial charge in [-0.05, 0) is 131 Å². The number of anilines is 3. The van der Waals surface area contributed by atoms with E-state index in [9.17, 15) is 0 Å². The van der Waals surface area contributed by atoms with Crippen molar-refractivity contribution in [3.8, 4) is 33.4 Å². The molecule has 0 N–H and O–H groups in total. The molecule has 1 heteroatoms. The van der Waals surface area contributed by atoms with E-state index < -0.39 is 0 Å². The van der Waals surface area contributed by atoms with Crippen molar-refractivity contribution in [2.24, 2.45) is 0 Å².